The average Bonchev–Trinajstić information content (AvgIpc) is 2.51. The summed E-state index contributed by atoms with van der Waals surface area (Å²) in [6.45, 7) is 5.68. The van der Waals surface area contributed by atoms with Crippen LogP contribution >= 0.6 is 0 Å². The van der Waals surface area contributed by atoms with Crippen LogP contribution in [-0.4, -0.2) is 55.2 Å². The zero-order chi connectivity index (χ0) is 15.1. The highest BCUT2D eigenvalue weighted by molar-refractivity contribution is 5.77. The van der Waals surface area contributed by atoms with Gasteiger partial charge in [-0.3, -0.25) is 9.59 Å². The van der Waals surface area contributed by atoms with Crippen molar-refractivity contribution in [1.82, 2.24) is 9.88 Å². The fourth-order valence-corrected chi connectivity index (χ4v) is 2.31. The Morgan fingerprint density at radius 2 is 2.10 bits per heavy atom. The van der Waals surface area contributed by atoms with Crippen molar-refractivity contribution < 1.29 is 9.53 Å². The summed E-state index contributed by atoms with van der Waals surface area (Å²) in [5.41, 5.74) is -0.00780. The van der Waals surface area contributed by atoms with Gasteiger partial charge in [0.2, 0.25) is 5.91 Å². The third kappa shape index (κ3) is 4.60. The lowest BCUT2D eigenvalue weighted by Gasteiger charge is -2.35. The van der Waals surface area contributed by atoms with Crippen LogP contribution in [0.5, 0.6) is 0 Å². The van der Waals surface area contributed by atoms with E-state index in [0.29, 0.717) is 19.7 Å². The van der Waals surface area contributed by atoms with Gasteiger partial charge in [0.1, 0.15) is 12.4 Å². The lowest BCUT2D eigenvalue weighted by atomic mass is 10.3. The zero-order valence-electron chi connectivity index (χ0n) is 12.5. The molecule has 1 N–H and O–H groups in total. The normalized spacial score (nSPS) is 15.3. The molecule has 0 radical (unpaired) electrons. The average molecular weight is 293 g/mol. The number of amides is 1. The maximum absolute atomic E-state index is 12.0. The number of pyridine rings is 1. The highest BCUT2D eigenvalue weighted by Gasteiger charge is 2.21. The Morgan fingerprint density at radius 1 is 1.33 bits per heavy atom. The Balaban J connectivity index is 1.77. The van der Waals surface area contributed by atoms with Gasteiger partial charge in [-0.15, -0.1) is 0 Å². The Hall–Kier alpha value is -1.82. The summed E-state index contributed by atoms with van der Waals surface area (Å²) < 4.78 is 5.36. The number of carbonyl (C=O) groups excluding carboxylic acids is 1. The molecule has 0 atom stereocenters. The number of piperazine rings is 1. The molecule has 1 aliphatic heterocycles. The number of anilines is 1. The van der Waals surface area contributed by atoms with E-state index in [1.807, 2.05) is 4.90 Å². The van der Waals surface area contributed by atoms with Crippen molar-refractivity contribution in [2.75, 3.05) is 44.3 Å². The van der Waals surface area contributed by atoms with E-state index in [0.717, 1.165) is 31.7 Å². The first-order chi connectivity index (χ1) is 10.2. The summed E-state index contributed by atoms with van der Waals surface area (Å²) in [6, 6.07) is 3.09. The van der Waals surface area contributed by atoms with Crippen LogP contribution in [0.15, 0.2) is 23.1 Å². The van der Waals surface area contributed by atoms with Crippen molar-refractivity contribution in [2.24, 2.45) is 0 Å². The Labute approximate surface area is 124 Å². The van der Waals surface area contributed by atoms with Crippen molar-refractivity contribution in [3.63, 3.8) is 0 Å². The fourth-order valence-electron chi connectivity index (χ4n) is 2.31. The lowest BCUT2D eigenvalue weighted by molar-refractivity contribution is -0.136. The van der Waals surface area contributed by atoms with Crippen LogP contribution in [0, 0.1) is 0 Å². The Bertz CT molecular complexity index is 507. The van der Waals surface area contributed by atoms with Crippen molar-refractivity contribution in [3.05, 3.63) is 28.6 Å². The molecule has 2 heterocycles. The smallest absolute Gasteiger partial charge is 0.248 e. The molecule has 1 fully saturated rings. The summed E-state index contributed by atoms with van der Waals surface area (Å²) in [5, 5.41) is 0. The molecule has 0 aromatic carbocycles. The number of nitrogens with one attached hydrogen (secondary N) is 1. The van der Waals surface area contributed by atoms with E-state index in [1.165, 1.54) is 6.07 Å². The number of carbonyl (C=O) groups is 1. The summed E-state index contributed by atoms with van der Waals surface area (Å²) in [4.78, 5) is 30.3. The lowest BCUT2D eigenvalue weighted by Crippen LogP contribution is -2.50. The minimum atomic E-state index is -0.00780. The molecule has 1 aromatic heterocycles. The summed E-state index contributed by atoms with van der Waals surface area (Å²) in [6.07, 6.45) is 3.71. The van der Waals surface area contributed by atoms with Gasteiger partial charge < -0.3 is 19.5 Å². The predicted molar refractivity (Wildman–Crippen MR) is 81.6 cm³/mol. The zero-order valence-corrected chi connectivity index (χ0v) is 12.5. The number of rotatable bonds is 6. The molecule has 0 aliphatic carbocycles. The molecule has 21 heavy (non-hydrogen) atoms. The van der Waals surface area contributed by atoms with Crippen LogP contribution in [0.1, 0.15) is 19.8 Å². The molecule has 116 valence electrons. The standard InChI is InChI=1S/C15H23N3O3/c1-2-3-10-21-12-15(20)18-8-6-17(7-9-18)14-11-13(19)4-5-16-14/h4-5,11H,2-3,6-10,12H2,1H3,(H,16,19). The van der Waals surface area contributed by atoms with Gasteiger partial charge in [-0.1, -0.05) is 13.3 Å². The highest BCUT2D eigenvalue weighted by atomic mass is 16.5. The molecule has 1 saturated heterocycles. The van der Waals surface area contributed by atoms with Crippen molar-refractivity contribution in [2.45, 2.75) is 19.8 Å². The molecule has 1 amide bonds. The van der Waals surface area contributed by atoms with Crippen molar-refractivity contribution in [1.29, 1.82) is 0 Å². The number of aromatic amines is 1. The summed E-state index contributed by atoms with van der Waals surface area (Å²) in [7, 11) is 0. The first-order valence-corrected chi connectivity index (χ1v) is 7.50. The monoisotopic (exact) mass is 293 g/mol. The van der Waals surface area contributed by atoms with Gasteiger partial charge in [-0.25, -0.2) is 0 Å². The maximum Gasteiger partial charge on any atom is 0.248 e. The second kappa shape index (κ2) is 7.83. The second-order valence-corrected chi connectivity index (χ2v) is 5.18. The van der Waals surface area contributed by atoms with Crippen LogP contribution in [-0.2, 0) is 9.53 Å². The second-order valence-electron chi connectivity index (χ2n) is 5.18. The quantitative estimate of drug-likeness (QED) is 0.789. The molecular weight excluding hydrogens is 270 g/mol. The van der Waals surface area contributed by atoms with Gasteiger partial charge in [-0.2, -0.15) is 0 Å². The molecule has 1 aromatic rings. The van der Waals surface area contributed by atoms with Crippen LogP contribution in [0.2, 0.25) is 0 Å². The van der Waals surface area contributed by atoms with E-state index in [9.17, 15) is 9.59 Å². The largest absolute Gasteiger partial charge is 0.372 e. The number of ether oxygens (including phenoxy) is 1. The first-order valence-electron chi connectivity index (χ1n) is 7.50. The fraction of sp³-hybridized carbons (Fsp3) is 0.600. The molecule has 2 rings (SSSR count). The van der Waals surface area contributed by atoms with Gasteiger partial charge in [-0.05, 0) is 6.42 Å². The number of nitrogens with zero attached hydrogens (tertiary/aromatic N) is 2. The topological polar surface area (TPSA) is 65.6 Å². The molecule has 0 spiro atoms. The SMILES string of the molecule is CCCCOCC(=O)N1CCN(c2cc(=O)cc[nH]2)CC1. The van der Waals surface area contributed by atoms with E-state index < -0.39 is 0 Å². The van der Waals surface area contributed by atoms with Crippen LogP contribution in [0.4, 0.5) is 5.82 Å². The molecule has 1 aliphatic rings. The van der Waals surface area contributed by atoms with E-state index in [1.54, 1.807) is 12.3 Å². The van der Waals surface area contributed by atoms with Gasteiger partial charge in [0.15, 0.2) is 5.43 Å². The third-order valence-electron chi connectivity index (χ3n) is 3.60. The number of aromatic nitrogens is 1. The van der Waals surface area contributed by atoms with Gasteiger partial charge in [0.05, 0.1) is 0 Å². The minimum Gasteiger partial charge on any atom is -0.372 e. The van der Waals surface area contributed by atoms with E-state index in [2.05, 4.69) is 16.8 Å². The molecular formula is C15H23N3O3. The van der Waals surface area contributed by atoms with E-state index in [4.69, 9.17) is 4.74 Å². The summed E-state index contributed by atoms with van der Waals surface area (Å²) >= 11 is 0. The molecule has 6 nitrogen and oxygen atoms in total. The van der Waals surface area contributed by atoms with Crippen LogP contribution in [0.25, 0.3) is 0 Å². The molecule has 0 unspecified atom stereocenters. The van der Waals surface area contributed by atoms with Crippen molar-refractivity contribution in [3.8, 4) is 0 Å². The first kappa shape index (κ1) is 15.6. The van der Waals surface area contributed by atoms with E-state index >= 15 is 0 Å². The summed E-state index contributed by atoms with van der Waals surface area (Å²) in [5.74, 6) is 0.862. The predicted octanol–water partition coefficient (Wildman–Crippen LogP) is 0.840. The number of H-pyrrole nitrogens is 1. The van der Waals surface area contributed by atoms with E-state index in [-0.39, 0.29) is 17.9 Å². The van der Waals surface area contributed by atoms with Gasteiger partial charge in [0, 0.05) is 51.1 Å². The highest BCUT2D eigenvalue weighted by Crippen LogP contribution is 2.11. The van der Waals surface area contributed by atoms with Crippen LogP contribution in [0.3, 0.4) is 0 Å². The molecule has 6 heteroatoms. The molecule has 0 bridgehead atoms. The Kier molecular flexibility index (Phi) is 5.80. The third-order valence-corrected chi connectivity index (χ3v) is 3.60. The Morgan fingerprint density at radius 3 is 2.76 bits per heavy atom. The molecule has 0 saturated carbocycles. The number of hydrogen-bond donors (Lipinski definition) is 1. The maximum atomic E-state index is 12.0. The van der Waals surface area contributed by atoms with Gasteiger partial charge >= 0.3 is 0 Å². The van der Waals surface area contributed by atoms with Crippen LogP contribution < -0.4 is 10.3 Å². The number of unbranched alkanes of at least 4 members (excludes halogenated alkanes) is 1. The number of hydrogen-bond acceptors (Lipinski definition) is 4. The van der Waals surface area contributed by atoms with Gasteiger partial charge in [0.25, 0.3) is 0 Å². The van der Waals surface area contributed by atoms with Crippen molar-refractivity contribution >= 4 is 11.7 Å². The minimum absolute atomic E-state index is 0.00780.